The molecule has 1 aromatic heterocycles. The van der Waals surface area contributed by atoms with Gasteiger partial charge < -0.3 is 15.0 Å². The Morgan fingerprint density at radius 1 is 1.36 bits per heavy atom. The lowest BCUT2D eigenvalue weighted by Crippen LogP contribution is -2.52. The minimum Gasteiger partial charge on any atom is -0.368 e. The van der Waals surface area contributed by atoms with Crippen molar-refractivity contribution in [1.82, 2.24) is 15.2 Å². The minimum absolute atomic E-state index is 0.0561. The summed E-state index contributed by atoms with van der Waals surface area (Å²) in [4.78, 5) is 43.8. The molecule has 2 aliphatic rings. The van der Waals surface area contributed by atoms with E-state index in [1.165, 1.54) is 0 Å². The second kappa shape index (κ2) is 7.67. The number of likely N-dealkylation sites (tertiary alicyclic amines) is 1. The van der Waals surface area contributed by atoms with E-state index >= 15 is 0 Å². The molecule has 0 bridgehead atoms. The zero-order valence-electron chi connectivity index (χ0n) is 15.8. The number of amides is 2. The van der Waals surface area contributed by atoms with Crippen LogP contribution in [0.25, 0.3) is 10.9 Å². The van der Waals surface area contributed by atoms with Crippen molar-refractivity contribution in [3.63, 3.8) is 0 Å². The fraction of sp³-hybridized carbons (Fsp3) is 0.429. The van der Waals surface area contributed by atoms with Crippen molar-refractivity contribution >= 4 is 28.5 Å². The number of rotatable bonds is 5. The molecule has 3 unspecified atom stereocenters. The predicted molar refractivity (Wildman–Crippen MR) is 103 cm³/mol. The summed E-state index contributed by atoms with van der Waals surface area (Å²) in [6, 6.07) is 7.82. The van der Waals surface area contributed by atoms with Gasteiger partial charge in [0.15, 0.2) is 5.78 Å². The monoisotopic (exact) mass is 381 g/mol. The van der Waals surface area contributed by atoms with Crippen molar-refractivity contribution in [3.05, 3.63) is 42.1 Å². The van der Waals surface area contributed by atoms with Crippen LogP contribution in [0.15, 0.2) is 36.5 Å². The standard InChI is InChI=1S/C21H23N3O4/c1-2-4-16(21(27)24-10-8-18-19(24)17(25)12-28-18)23-20(26)14-6-7-15-13(11-14)5-3-9-22-15/h3,5-7,9,11,16,18-19H,2,4,8,10,12H2,1H3,(H,23,26). The highest BCUT2D eigenvalue weighted by atomic mass is 16.5. The fourth-order valence-corrected chi connectivity index (χ4v) is 4.05. The zero-order chi connectivity index (χ0) is 19.7. The Hall–Kier alpha value is -2.80. The quantitative estimate of drug-likeness (QED) is 0.852. The molecule has 1 aromatic carbocycles. The van der Waals surface area contributed by atoms with Gasteiger partial charge in [-0.2, -0.15) is 0 Å². The molecule has 146 valence electrons. The Kier molecular flexibility index (Phi) is 5.09. The SMILES string of the molecule is CCCC(NC(=O)c1ccc2ncccc2c1)C(=O)N1CCC2OCC(=O)C21. The molecule has 2 aliphatic heterocycles. The minimum atomic E-state index is -0.658. The van der Waals surface area contributed by atoms with Gasteiger partial charge >= 0.3 is 0 Å². The first-order chi connectivity index (χ1) is 13.6. The van der Waals surface area contributed by atoms with Gasteiger partial charge in [0.25, 0.3) is 5.91 Å². The van der Waals surface area contributed by atoms with Crippen LogP contribution in [0.1, 0.15) is 36.5 Å². The number of hydrogen-bond donors (Lipinski definition) is 1. The molecule has 2 saturated heterocycles. The highest BCUT2D eigenvalue weighted by Gasteiger charge is 2.47. The van der Waals surface area contributed by atoms with Crippen molar-refractivity contribution in [2.24, 2.45) is 0 Å². The van der Waals surface area contributed by atoms with Crippen molar-refractivity contribution in [3.8, 4) is 0 Å². The van der Waals surface area contributed by atoms with Gasteiger partial charge in [0, 0.05) is 23.7 Å². The number of nitrogens with one attached hydrogen (secondary N) is 1. The maximum absolute atomic E-state index is 13.1. The maximum Gasteiger partial charge on any atom is 0.251 e. The normalized spacial score (nSPS) is 22.3. The molecular weight excluding hydrogens is 358 g/mol. The molecule has 3 heterocycles. The lowest BCUT2D eigenvalue weighted by atomic mass is 10.1. The molecule has 0 radical (unpaired) electrons. The fourth-order valence-electron chi connectivity index (χ4n) is 4.05. The summed E-state index contributed by atoms with van der Waals surface area (Å²) in [5.41, 5.74) is 1.29. The van der Waals surface area contributed by atoms with Crippen LogP contribution in [-0.4, -0.2) is 58.8 Å². The van der Waals surface area contributed by atoms with Crippen LogP contribution in [0.3, 0.4) is 0 Å². The highest BCUT2D eigenvalue weighted by molar-refractivity contribution is 6.01. The van der Waals surface area contributed by atoms with E-state index in [1.807, 2.05) is 19.1 Å². The average molecular weight is 381 g/mol. The number of nitrogens with zero attached hydrogens (tertiary/aromatic N) is 2. The van der Waals surface area contributed by atoms with E-state index in [1.54, 1.807) is 29.3 Å². The number of carbonyl (C=O) groups is 3. The van der Waals surface area contributed by atoms with Crippen molar-refractivity contribution in [2.75, 3.05) is 13.2 Å². The number of benzene rings is 1. The number of ether oxygens (including phenoxy) is 1. The van der Waals surface area contributed by atoms with Gasteiger partial charge in [-0.05, 0) is 37.1 Å². The Labute approximate surface area is 163 Å². The number of aromatic nitrogens is 1. The Balaban J connectivity index is 1.51. The number of hydrogen-bond acceptors (Lipinski definition) is 5. The Morgan fingerprint density at radius 2 is 2.21 bits per heavy atom. The molecule has 0 saturated carbocycles. The predicted octanol–water partition coefficient (Wildman–Crippen LogP) is 1.70. The molecule has 3 atom stereocenters. The van der Waals surface area contributed by atoms with Gasteiger partial charge in [-0.3, -0.25) is 19.4 Å². The second-order valence-corrected chi connectivity index (χ2v) is 7.31. The van der Waals surface area contributed by atoms with Gasteiger partial charge in [-0.1, -0.05) is 19.4 Å². The van der Waals surface area contributed by atoms with E-state index in [2.05, 4.69) is 10.3 Å². The van der Waals surface area contributed by atoms with Crippen molar-refractivity contribution in [1.29, 1.82) is 0 Å². The zero-order valence-corrected chi connectivity index (χ0v) is 15.8. The summed E-state index contributed by atoms with van der Waals surface area (Å²) in [5, 5.41) is 3.73. The van der Waals surface area contributed by atoms with Gasteiger partial charge in [-0.25, -0.2) is 0 Å². The van der Waals surface area contributed by atoms with Crippen LogP contribution in [0, 0.1) is 0 Å². The van der Waals surface area contributed by atoms with Crippen LogP contribution in [-0.2, 0) is 14.3 Å². The van der Waals surface area contributed by atoms with Gasteiger partial charge in [-0.15, -0.1) is 0 Å². The van der Waals surface area contributed by atoms with E-state index < -0.39 is 12.1 Å². The average Bonchev–Trinajstić information content (AvgIpc) is 3.30. The summed E-state index contributed by atoms with van der Waals surface area (Å²) >= 11 is 0. The summed E-state index contributed by atoms with van der Waals surface area (Å²) in [7, 11) is 0. The van der Waals surface area contributed by atoms with Crippen LogP contribution < -0.4 is 5.32 Å². The molecule has 7 heteroatoms. The third kappa shape index (κ3) is 3.38. The highest BCUT2D eigenvalue weighted by Crippen LogP contribution is 2.28. The molecule has 2 fully saturated rings. The third-order valence-corrected chi connectivity index (χ3v) is 5.44. The van der Waals surface area contributed by atoms with E-state index in [4.69, 9.17) is 4.74 Å². The first-order valence-corrected chi connectivity index (χ1v) is 9.69. The molecule has 0 aliphatic carbocycles. The number of carbonyl (C=O) groups excluding carboxylic acids is 3. The lowest BCUT2D eigenvalue weighted by molar-refractivity contribution is -0.138. The van der Waals surface area contributed by atoms with Crippen molar-refractivity contribution in [2.45, 2.75) is 44.4 Å². The maximum atomic E-state index is 13.1. The molecule has 0 spiro atoms. The molecule has 1 N–H and O–H groups in total. The molecular formula is C21H23N3O4. The number of ketones is 1. The van der Waals surface area contributed by atoms with Gasteiger partial charge in [0.1, 0.15) is 18.7 Å². The second-order valence-electron chi connectivity index (χ2n) is 7.31. The van der Waals surface area contributed by atoms with Crippen LogP contribution in [0.4, 0.5) is 0 Å². The molecule has 4 rings (SSSR count). The Bertz CT molecular complexity index is 929. The first-order valence-electron chi connectivity index (χ1n) is 9.69. The number of fused-ring (bicyclic) bond motifs is 2. The Morgan fingerprint density at radius 3 is 3.04 bits per heavy atom. The van der Waals surface area contributed by atoms with Crippen LogP contribution in [0.5, 0.6) is 0 Å². The summed E-state index contributed by atoms with van der Waals surface area (Å²) in [6.07, 6.45) is 3.41. The molecule has 2 amide bonds. The molecule has 28 heavy (non-hydrogen) atoms. The lowest BCUT2D eigenvalue weighted by Gasteiger charge is -2.27. The van der Waals surface area contributed by atoms with Gasteiger partial charge in [0.2, 0.25) is 5.91 Å². The number of Topliss-reactive ketones (excluding diaryl/α,β-unsaturated/α-hetero) is 1. The summed E-state index contributed by atoms with van der Waals surface area (Å²) < 4.78 is 5.46. The largest absolute Gasteiger partial charge is 0.368 e. The molecule has 2 aromatic rings. The van der Waals surface area contributed by atoms with E-state index in [9.17, 15) is 14.4 Å². The van der Waals surface area contributed by atoms with E-state index in [-0.39, 0.29) is 30.3 Å². The molecule has 7 nitrogen and oxygen atoms in total. The third-order valence-electron chi connectivity index (χ3n) is 5.44. The van der Waals surface area contributed by atoms with E-state index in [0.717, 1.165) is 17.3 Å². The summed E-state index contributed by atoms with van der Waals surface area (Å²) in [6.45, 7) is 2.51. The van der Waals surface area contributed by atoms with Crippen LogP contribution >= 0.6 is 0 Å². The van der Waals surface area contributed by atoms with E-state index in [0.29, 0.717) is 24.9 Å². The topological polar surface area (TPSA) is 88.6 Å². The van der Waals surface area contributed by atoms with Crippen LogP contribution in [0.2, 0.25) is 0 Å². The van der Waals surface area contributed by atoms with Crippen molar-refractivity contribution < 1.29 is 19.1 Å². The summed E-state index contributed by atoms with van der Waals surface area (Å²) in [5.74, 6) is -0.564. The first kappa shape index (κ1) is 18.6. The smallest absolute Gasteiger partial charge is 0.251 e. The number of pyridine rings is 1. The van der Waals surface area contributed by atoms with Gasteiger partial charge in [0.05, 0.1) is 11.6 Å².